The summed E-state index contributed by atoms with van der Waals surface area (Å²) in [5.41, 5.74) is 0.723. The molecule has 0 aromatic heterocycles. The zero-order valence-electron chi connectivity index (χ0n) is 20.8. The van der Waals surface area contributed by atoms with Crippen molar-refractivity contribution in [1.82, 2.24) is 5.32 Å². The summed E-state index contributed by atoms with van der Waals surface area (Å²) in [5, 5.41) is 5.94. The lowest BCUT2D eigenvalue weighted by Gasteiger charge is -2.41. The first-order chi connectivity index (χ1) is 16.4. The Labute approximate surface area is 206 Å². The lowest BCUT2D eigenvalue weighted by atomic mass is 10.00. The van der Waals surface area contributed by atoms with E-state index in [-0.39, 0.29) is 19.0 Å². The number of ether oxygens (including phenoxy) is 3. The molecule has 1 heterocycles. The molecule has 1 saturated heterocycles. The lowest BCUT2D eigenvalue weighted by molar-refractivity contribution is -0.262. The molecule has 2 N–H and O–H groups in total. The van der Waals surface area contributed by atoms with Crippen LogP contribution in [0.5, 0.6) is 0 Å². The Bertz CT molecular complexity index is 1130. The van der Waals surface area contributed by atoms with Crippen LogP contribution in [0.2, 0.25) is 0 Å². The highest BCUT2D eigenvalue weighted by Crippen LogP contribution is 2.24. The van der Waals surface area contributed by atoms with Crippen LogP contribution in [0.4, 0.5) is 14.9 Å². The number of carbonyl (C=O) groups excluding carboxylic acids is 1. The maximum Gasteiger partial charge on any atom is 0.409 e. The number of halogens is 1. The van der Waals surface area contributed by atoms with Crippen LogP contribution in [-0.2, 0) is 14.2 Å². The second-order valence-electron chi connectivity index (χ2n) is 9.68. The fraction of sp³-hybridized carbons (Fsp3) is 0.393. The summed E-state index contributed by atoms with van der Waals surface area (Å²) in [7, 11) is 0. The van der Waals surface area contributed by atoms with E-state index in [4.69, 9.17) is 14.2 Å². The van der Waals surface area contributed by atoms with E-state index in [0.29, 0.717) is 6.54 Å². The first-order valence-corrected chi connectivity index (χ1v) is 11.3. The van der Waals surface area contributed by atoms with Gasteiger partial charge in [0.05, 0.1) is 19.8 Å². The van der Waals surface area contributed by atoms with Crippen LogP contribution < -0.4 is 10.6 Å². The number of hydrogen-bond donors (Lipinski definition) is 2. The van der Waals surface area contributed by atoms with E-state index in [0.717, 1.165) is 16.8 Å². The first kappa shape index (κ1) is 26.1. The highest BCUT2D eigenvalue weighted by atomic mass is 19.1. The molecular weight excluding hydrogens is 447 g/mol. The van der Waals surface area contributed by atoms with Gasteiger partial charge in [-0.25, -0.2) is 9.18 Å². The maximum atomic E-state index is 13.0. The molecule has 1 amide bonds. The topological polar surface area (TPSA) is 68.8 Å². The second-order valence-corrected chi connectivity index (χ2v) is 9.68. The predicted octanol–water partition coefficient (Wildman–Crippen LogP) is 4.69. The van der Waals surface area contributed by atoms with Crippen LogP contribution in [-0.4, -0.2) is 42.8 Å². The van der Waals surface area contributed by atoms with Crippen LogP contribution in [0, 0.1) is 29.5 Å². The van der Waals surface area contributed by atoms with Crippen molar-refractivity contribution in [3.8, 4) is 23.7 Å². The van der Waals surface area contributed by atoms with E-state index in [9.17, 15) is 9.18 Å². The van der Waals surface area contributed by atoms with Gasteiger partial charge in [0.2, 0.25) is 0 Å². The zero-order valence-corrected chi connectivity index (χ0v) is 20.8. The molecule has 184 valence electrons. The fourth-order valence-corrected chi connectivity index (χ4v) is 3.04. The molecule has 2 aromatic rings. The van der Waals surface area contributed by atoms with E-state index in [1.54, 1.807) is 32.9 Å². The third-order valence-corrected chi connectivity index (χ3v) is 4.86. The second kappa shape index (κ2) is 10.8. The Morgan fingerprint density at radius 3 is 2.14 bits per heavy atom. The van der Waals surface area contributed by atoms with Crippen molar-refractivity contribution in [2.24, 2.45) is 0 Å². The van der Waals surface area contributed by atoms with Gasteiger partial charge in [0.15, 0.2) is 11.3 Å². The van der Waals surface area contributed by atoms with E-state index in [1.807, 2.05) is 38.1 Å². The van der Waals surface area contributed by atoms with E-state index >= 15 is 0 Å². The summed E-state index contributed by atoms with van der Waals surface area (Å²) in [4.78, 5) is 12.4. The average Bonchev–Trinajstić information content (AvgIpc) is 2.78. The summed E-state index contributed by atoms with van der Waals surface area (Å²) >= 11 is 0. The molecule has 1 aliphatic heterocycles. The van der Waals surface area contributed by atoms with Crippen molar-refractivity contribution in [2.45, 2.75) is 51.5 Å². The van der Waals surface area contributed by atoms with E-state index in [1.165, 1.54) is 12.1 Å². The molecule has 0 radical (unpaired) electrons. The Morgan fingerprint density at radius 1 is 1.00 bits per heavy atom. The van der Waals surface area contributed by atoms with Crippen LogP contribution in [0.25, 0.3) is 0 Å². The monoisotopic (exact) mass is 478 g/mol. The summed E-state index contributed by atoms with van der Waals surface area (Å²) in [5.74, 6) is 11.3. The Hall–Kier alpha value is -3.52. The van der Waals surface area contributed by atoms with Crippen molar-refractivity contribution < 1.29 is 23.4 Å². The van der Waals surface area contributed by atoms with Crippen molar-refractivity contribution in [2.75, 3.05) is 25.1 Å². The molecule has 1 aliphatic rings. The quantitative estimate of drug-likeness (QED) is 0.627. The number of hydrogen-bond acceptors (Lipinski definition) is 5. The number of nitrogens with one attached hydrogen (secondary N) is 2. The SMILES string of the molecule is CC(C)(C)OC(=O)NC1(C#Cc2ccc(C#CCNc3ccc(F)cc3)cc2)COC(C)(C)OC1. The number of amides is 1. The highest BCUT2D eigenvalue weighted by molar-refractivity contribution is 5.70. The number of rotatable bonds is 3. The molecule has 3 rings (SSSR count). The van der Waals surface area contributed by atoms with Crippen LogP contribution in [0.1, 0.15) is 45.7 Å². The first-order valence-electron chi connectivity index (χ1n) is 11.3. The normalized spacial score (nSPS) is 16.1. The number of anilines is 1. The summed E-state index contributed by atoms with van der Waals surface area (Å²) in [6.07, 6.45) is -0.585. The molecule has 0 bridgehead atoms. The summed E-state index contributed by atoms with van der Waals surface area (Å²) in [6, 6.07) is 13.6. The van der Waals surface area contributed by atoms with Gasteiger partial charge < -0.3 is 24.8 Å². The smallest absolute Gasteiger partial charge is 0.409 e. The van der Waals surface area contributed by atoms with Crippen LogP contribution >= 0.6 is 0 Å². The molecular formula is C28H31FN2O4. The van der Waals surface area contributed by atoms with Gasteiger partial charge in [0, 0.05) is 16.8 Å². The van der Waals surface area contributed by atoms with Crippen molar-refractivity contribution >= 4 is 11.8 Å². The molecule has 0 aliphatic carbocycles. The molecule has 7 heteroatoms. The summed E-state index contributed by atoms with van der Waals surface area (Å²) in [6.45, 7) is 9.78. The van der Waals surface area contributed by atoms with Gasteiger partial charge in [-0.2, -0.15) is 0 Å². The number of alkyl carbamates (subject to hydrolysis) is 1. The van der Waals surface area contributed by atoms with Crippen molar-refractivity contribution in [1.29, 1.82) is 0 Å². The van der Waals surface area contributed by atoms with Gasteiger partial charge >= 0.3 is 6.09 Å². The van der Waals surface area contributed by atoms with Gasteiger partial charge in [0.1, 0.15) is 11.4 Å². The van der Waals surface area contributed by atoms with Gasteiger partial charge in [-0.1, -0.05) is 23.7 Å². The standard InChI is InChI=1S/C28H31FN2O4/c1-26(2,3)35-25(32)31-28(19-33-27(4,5)34-20-28)17-16-22-10-8-21(9-11-22)7-6-18-30-24-14-12-23(29)13-15-24/h8-15,30H,18-20H2,1-5H3,(H,31,32). The van der Waals surface area contributed by atoms with Gasteiger partial charge in [-0.3, -0.25) is 0 Å². The van der Waals surface area contributed by atoms with Crippen molar-refractivity contribution in [3.05, 3.63) is 65.5 Å². The van der Waals surface area contributed by atoms with Gasteiger partial charge in [-0.15, -0.1) is 0 Å². The molecule has 6 nitrogen and oxygen atoms in total. The zero-order chi connectivity index (χ0) is 25.5. The van der Waals surface area contributed by atoms with Gasteiger partial charge in [-0.05, 0) is 83.1 Å². The maximum absolute atomic E-state index is 13.0. The fourth-order valence-electron chi connectivity index (χ4n) is 3.04. The molecule has 1 fully saturated rings. The molecule has 35 heavy (non-hydrogen) atoms. The molecule has 0 atom stereocenters. The largest absolute Gasteiger partial charge is 0.444 e. The third-order valence-electron chi connectivity index (χ3n) is 4.86. The molecule has 0 saturated carbocycles. The number of carbonyl (C=O) groups is 1. The molecule has 2 aromatic carbocycles. The molecule has 0 spiro atoms. The lowest BCUT2D eigenvalue weighted by Crippen LogP contribution is -2.60. The Balaban J connectivity index is 1.65. The van der Waals surface area contributed by atoms with Gasteiger partial charge in [0.25, 0.3) is 0 Å². The van der Waals surface area contributed by atoms with E-state index < -0.39 is 23.0 Å². The Morgan fingerprint density at radius 2 is 1.57 bits per heavy atom. The summed E-state index contributed by atoms with van der Waals surface area (Å²) < 4.78 is 29.9. The van der Waals surface area contributed by atoms with E-state index in [2.05, 4.69) is 34.3 Å². The van der Waals surface area contributed by atoms with Crippen molar-refractivity contribution in [3.63, 3.8) is 0 Å². The predicted molar refractivity (Wildman–Crippen MR) is 133 cm³/mol. The molecule has 0 unspecified atom stereocenters. The Kier molecular flexibility index (Phi) is 8.07. The minimum Gasteiger partial charge on any atom is -0.444 e. The highest BCUT2D eigenvalue weighted by Gasteiger charge is 2.41. The average molecular weight is 479 g/mol. The van der Waals surface area contributed by atoms with Crippen LogP contribution in [0.15, 0.2) is 48.5 Å². The number of benzene rings is 2. The minimum absolute atomic E-state index is 0.164. The minimum atomic E-state index is -1.04. The third kappa shape index (κ3) is 8.64. The van der Waals surface area contributed by atoms with Crippen LogP contribution in [0.3, 0.4) is 0 Å².